The average Bonchev–Trinajstić information content (AvgIpc) is 2.79. The number of hydrogen-bond acceptors (Lipinski definition) is 6. The van der Waals surface area contributed by atoms with Crippen molar-refractivity contribution in [2.24, 2.45) is 0 Å². The number of hydrogen-bond donors (Lipinski definition) is 2. The Morgan fingerprint density at radius 1 is 1.60 bits per heavy atom. The van der Waals surface area contributed by atoms with Crippen LogP contribution >= 0.6 is 0 Å². The van der Waals surface area contributed by atoms with Crippen LogP contribution in [0.4, 0.5) is 5.69 Å². The Morgan fingerprint density at radius 3 is 3.00 bits per heavy atom. The van der Waals surface area contributed by atoms with E-state index in [1.807, 2.05) is 0 Å². The molecular formula is C17H27N3O4S. The average molecular weight is 382 g/mol. The molecule has 1 amide bonds. The number of likely N-dealkylation sites (N-methyl/N-ethyl adjacent to an activating group) is 1. The van der Waals surface area contributed by atoms with Gasteiger partial charge in [0, 0.05) is 28.2 Å². The first-order chi connectivity index (χ1) is 16.4. The van der Waals surface area contributed by atoms with E-state index < -0.39 is 88.7 Å². The molecule has 7 nitrogen and oxygen atoms in total. The number of anilines is 1. The largest absolute Gasteiger partial charge is 0.496 e. The zero-order valence-corrected chi connectivity index (χ0v) is 14.5. The van der Waals surface area contributed by atoms with E-state index in [2.05, 4.69) is 0 Å². The molecule has 0 spiro atoms. The van der Waals surface area contributed by atoms with Crippen LogP contribution in [0.3, 0.4) is 0 Å². The summed E-state index contributed by atoms with van der Waals surface area (Å²) < 4.78 is 126. The molecular weight excluding hydrogens is 342 g/mol. The van der Waals surface area contributed by atoms with Gasteiger partial charge in [-0.1, -0.05) is 13.8 Å². The molecule has 2 rings (SSSR count). The predicted molar refractivity (Wildman–Crippen MR) is 97.7 cm³/mol. The second kappa shape index (κ2) is 8.05. The van der Waals surface area contributed by atoms with Crippen LogP contribution in [-0.2, 0) is 9.84 Å². The number of carbonyl (C=O) groups is 1. The van der Waals surface area contributed by atoms with Crippen molar-refractivity contribution in [3.8, 4) is 5.75 Å². The number of ether oxygens (including phenoxy) is 1. The van der Waals surface area contributed by atoms with E-state index in [0.717, 1.165) is 6.07 Å². The van der Waals surface area contributed by atoms with Crippen molar-refractivity contribution in [3.05, 3.63) is 17.7 Å². The van der Waals surface area contributed by atoms with Gasteiger partial charge < -0.3 is 15.8 Å². The number of nitrogens with one attached hydrogen (secondary N) is 1. The van der Waals surface area contributed by atoms with Gasteiger partial charge in [0.2, 0.25) is 0 Å². The molecule has 0 bridgehead atoms. The lowest BCUT2D eigenvalue weighted by Gasteiger charge is -2.23. The minimum Gasteiger partial charge on any atom is -0.496 e. The molecule has 0 aliphatic carbocycles. The van der Waals surface area contributed by atoms with Crippen molar-refractivity contribution in [3.63, 3.8) is 0 Å². The quantitative estimate of drug-likeness (QED) is 0.690. The molecule has 1 aromatic rings. The van der Waals surface area contributed by atoms with E-state index in [9.17, 15) is 13.2 Å². The monoisotopic (exact) mass is 381 g/mol. The summed E-state index contributed by atoms with van der Waals surface area (Å²) in [7, 11) is -7.23. The summed E-state index contributed by atoms with van der Waals surface area (Å²) in [6, 6.07) is -2.01. The Bertz CT molecular complexity index is 1190. The molecule has 3 N–H and O–H groups in total. The van der Waals surface area contributed by atoms with E-state index >= 15 is 0 Å². The number of likely N-dealkylation sites (tertiary alicyclic amines) is 1. The zero-order chi connectivity index (χ0) is 29.2. The fraction of sp³-hybridized carbons (Fsp3) is 0.588. The van der Waals surface area contributed by atoms with Crippen LogP contribution in [0.2, 0.25) is 0 Å². The molecule has 1 aliphatic rings. The van der Waals surface area contributed by atoms with Gasteiger partial charge in [-0.25, -0.2) is 8.42 Å². The van der Waals surface area contributed by atoms with Crippen LogP contribution in [0, 0.1) is 0 Å². The molecule has 140 valence electrons. The molecule has 1 aromatic carbocycles. The number of nitrogens with zero attached hydrogens (tertiary/aromatic N) is 1. The highest BCUT2D eigenvalue weighted by Gasteiger charge is 2.25. The van der Waals surface area contributed by atoms with Crippen LogP contribution in [-0.4, -0.2) is 57.6 Å². The van der Waals surface area contributed by atoms with E-state index in [0.29, 0.717) is 6.07 Å². The Hall–Kier alpha value is -1.80. The molecule has 1 fully saturated rings. The summed E-state index contributed by atoms with van der Waals surface area (Å²) >= 11 is 0. The van der Waals surface area contributed by atoms with Crippen molar-refractivity contribution in [2.45, 2.75) is 37.5 Å². The molecule has 8 heteroatoms. The summed E-state index contributed by atoms with van der Waals surface area (Å²) in [6.07, 6.45) is -6.97. The summed E-state index contributed by atoms with van der Waals surface area (Å²) in [5.41, 5.74) is 4.43. The number of amides is 1. The fourth-order valence-corrected chi connectivity index (χ4v) is 3.09. The first kappa shape index (κ1) is 8.73. The van der Waals surface area contributed by atoms with Crippen molar-refractivity contribution >= 4 is 21.4 Å². The topological polar surface area (TPSA) is 102 Å². The third kappa shape index (κ3) is 4.24. The number of sulfone groups is 1. The Morgan fingerprint density at radius 2 is 2.36 bits per heavy atom. The smallest absolute Gasteiger partial charge is 0.255 e. The standard InChI is InChI=1S/C17H27N3O4S/c1-4-20-8-6-7-12(20)11-19-17(21)13-9-16(25(22,23)5-2)14(18)10-15(13)24-3/h9-10,12H,4-8,11,18H2,1-3H3,(H,19,21)/i3D3,6D2,7D2,8D2,11D2,12D. The number of carbonyl (C=O) groups excluding carboxylic acids is 1. The lowest BCUT2D eigenvalue weighted by atomic mass is 10.1. The number of benzene rings is 1. The highest BCUT2D eigenvalue weighted by molar-refractivity contribution is 7.91. The molecule has 1 heterocycles. The highest BCUT2D eigenvalue weighted by Crippen LogP contribution is 2.29. The van der Waals surface area contributed by atoms with Gasteiger partial charge in [0.1, 0.15) is 5.75 Å². The summed E-state index contributed by atoms with van der Waals surface area (Å²) in [4.78, 5) is 12.9. The molecule has 0 radical (unpaired) electrons. The maximum Gasteiger partial charge on any atom is 0.255 e. The Kier molecular flexibility index (Phi) is 2.81. The van der Waals surface area contributed by atoms with Crippen LogP contribution < -0.4 is 15.8 Å². The van der Waals surface area contributed by atoms with Crippen molar-refractivity contribution in [2.75, 3.05) is 38.1 Å². The Labute approximate surface area is 166 Å². The van der Waals surface area contributed by atoms with E-state index in [1.165, 1.54) is 13.8 Å². The molecule has 0 saturated carbocycles. The SMILES string of the molecule is [2H]C([2H])([2H])Oc1cc(N)c(S(=O)(=O)CC)cc1C(=O)NC([2H])([2H])C1([2H])N(CC)C([2H])([2H])C([2H])([2H])C1([2H])[2H]. The van der Waals surface area contributed by atoms with Crippen molar-refractivity contribution in [1.29, 1.82) is 0 Å². The van der Waals surface area contributed by atoms with Crippen molar-refractivity contribution in [1.82, 2.24) is 10.2 Å². The molecule has 1 saturated heterocycles. The number of nitrogen functional groups attached to an aromatic ring is 1. The normalized spacial score (nSPS) is 35.4. The minimum atomic E-state index is -4.08. The molecule has 1 aliphatic heterocycles. The van der Waals surface area contributed by atoms with E-state index in [4.69, 9.17) is 26.9 Å². The third-order valence-electron chi connectivity index (χ3n) is 3.43. The third-order valence-corrected chi connectivity index (χ3v) is 5.22. The van der Waals surface area contributed by atoms with E-state index in [-0.39, 0.29) is 4.90 Å². The van der Waals surface area contributed by atoms with Crippen LogP contribution in [0.5, 0.6) is 5.75 Å². The zero-order valence-electron chi connectivity index (χ0n) is 25.6. The van der Waals surface area contributed by atoms with Crippen LogP contribution in [0.15, 0.2) is 17.0 Å². The second-order valence-corrected chi connectivity index (χ2v) is 7.17. The minimum absolute atomic E-state index is 0.288. The van der Waals surface area contributed by atoms with Gasteiger partial charge in [0.05, 0.1) is 35.8 Å². The lowest BCUT2D eigenvalue weighted by molar-refractivity contribution is 0.0938. The van der Waals surface area contributed by atoms with Gasteiger partial charge in [-0.3, -0.25) is 9.69 Å². The lowest BCUT2D eigenvalue weighted by Crippen LogP contribution is -2.40. The first-order valence-electron chi connectivity index (χ1n) is 13.3. The first-order valence-corrected chi connectivity index (χ1v) is 8.96. The van der Waals surface area contributed by atoms with E-state index in [1.54, 1.807) is 5.32 Å². The maximum absolute atomic E-state index is 13.2. The van der Waals surface area contributed by atoms with Gasteiger partial charge in [0.25, 0.3) is 5.91 Å². The van der Waals surface area contributed by atoms with Gasteiger partial charge in [0.15, 0.2) is 9.84 Å². The van der Waals surface area contributed by atoms with Gasteiger partial charge in [-0.15, -0.1) is 0 Å². The van der Waals surface area contributed by atoms with Crippen LogP contribution in [0.25, 0.3) is 0 Å². The Balaban J connectivity index is 2.72. The van der Waals surface area contributed by atoms with Crippen molar-refractivity contribution < 1.29 is 34.4 Å². The van der Waals surface area contributed by atoms with Gasteiger partial charge in [-0.2, -0.15) is 0 Å². The summed E-state index contributed by atoms with van der Waals surface area (Å²) in [6.45, 7) is -4.76. The number of rotatable bonds is 7. The number of methoxy groups -OCH3 is 1. The maximum atomic E-state index is 13.2. The number of nitrogens with two attached hydrogens (primary N) is 1. The van der Waals surface area contributed by atoms with Gasteiger partial charge in [-0.05, 0) is 31.9 Å². The van der Waals surface area contributed by atoms with Crippen LogP contribution in [0.1, 0.15) is 53.4 Å². The second-order valence-electron chi connectivity index (χ2n) is 4.93. The summed E-state index contributed by atoms with van der Waals surface area (Å²) in [5.74, 6) is -2.79. The molecule has 1 atom stereocenters. The highest BCUT2D eigenvalue weighted by atomic mass is 32.2. The molecule has 1 unspecified atom stereocenters. The fourth-order valence-electron chi connectivity index (χ4n) is 2.06. The predicted octanol–water partition coefficient (Wildman–Crippen LogP) is 1.29. The van der Waals surface area contributed by atoms with Gasteiger partial charge >= 0.3 is 0 Å². The molecule has 25 heavy (non-hydrogen) atoms. The molecule has 0 aromatic heterocycles. The summed E-state index contributed by atoms with van der Waals surface area (Å²) in [5, 5.41) is 1.69.